The molecule has 2 heteroatoms. The summed E-state index contributed by atoms with van der Waals surface area (Å²) in [5.41, 5.74) is 11.4. The van der Waals surface area contributed by atoms with Gasteiger partial charge in [0.15, 0.2) is 0 Å². The van der Waals surface area contributed by atoms with Crippen LogP contribution in [-0.4, -0.2) is 9.97 Å². The minimum Gasteiger partial charge on any atom is -0.342 e. The molecule has 0 bridgehead atoms. The van der Waals surface area contributed by atoms with Crippen LogP contribution in [0.1, 0.15) is 67.0 Å². The molecule has 1 heterocycles. The fraction of sp³-hybridized carbons (Fsp3) is 0.370. The molecular formula is C27H28N2. The Hall–Kier alpha value is -2.61. The summed E-state index contributed by atoms with van der Waals surface area (Å²) in [4.78, 5) is 8.24. The van der Waals surface area contributed by atoms with E-state index in [0.29, 0.717) is 5.92 Å². The van der Waals surface area contributed by atoms with Gasteiger partial charge in [0.05, 0.1) is 11.9 Å². The lowest BCUT2D eigenvalue weighted by molar-refractivity contribution is 0.281. The number of allylic oxidation sites excluding steroid dienone is 2. The van der Waals surface area contributed by atoms with E-state index in [9.17, 15) is 0 Å². The highest BCUT2D eigenvalue weighted by atomic mass is 14.9. The maximum absolute atomic E-state index is 4.67. The van der Waals surface area contributed by atoms with Gasteiger partial charge in [-0.05, 0) is 91.2 Å². The normalized spacial score (nSPS) is 24.8. The average Bonchev–Trinajstić information content (AvgIpc) is 3.41. The molecule has 0 spiro atoms. The van der Waals surface area contributed by atoms with Crippen molar-refractivity contribution in [3.05, 3.63) is 76.8 Å². The summed E-state index contributed by atoms with van der Waals surface area (Å²) >= 11 is 0. The zero-order valence-electron chi connectivity index (χ0n) is 17.3. The van der Waals surface area contributed by atoms with E-state index >= 15 is 0 Å². The van der Waals surface area contributed by atoms with Crippen LogP contribution in [0.15, 0.2) is 54.2 Å². The maximum atomic E-state index is 4.67. The number of hydrogen-bond donors (Lipinski definition) is 1. The molecule has 0 aliphatic heterocycles. The Labute approximate surface area is 173 Å². The molecule has 2 unspecified atom stereocenters. The summed E-state index contributed by atoms with van der Waals surface area (Å²) < 4.78 is 0. The molecule has 3 aliphatic carbocycles. The van der Waals surface area contributed by atoms with E-state index in [2.05, 4.69) is 66.3 Å². The molecule has 1 N–H and O–H groups in total. The van der Waals surface area contributed by atoms with Crippen LogP contribution >= 0.6 is 0 Å². The van der Waals surface area contributed by atoms with Crippen LogP contribution in [0, 0.1) is 12.8 Å². The van der Waals surface area contributed by atoms with Crippen molar-refractivity contribution in [1.82, 2.24) is 9.97 Å². The second-order valence-electron chi connectivity index (χ2n) is 9.39. The molecule has 146 valence electrons. The van der Waals surface area contributed by atoms with Gasteiger partial charge in [-0.1, -0.05) is 48.0 Å². The summed E-state index contributed by atoms with van der Waals surface area (Å²) in [5.74, 6) is 3.26. The molecule has 0 amide bonds. The molecule has 0 saturated heterocycles. The molecule has 3 aromatic rings. The zero-order valence-corrected chi connectivity index (χ0v) is 17.3. The van der Waals surface area contributed by atoms with Crippen LogP contribution in [0.25, 0.3) is 22.4 Å². The zero-order chi connectivity index (χ0) is 19.5. The van der Waals surface area contributed by atoms with Gasteiger partial charge in [-0.25, -0.2) is 4.98 Å². The summed E-state index contributed by atoms with van der Waals surface area (Å²) in [6.07, 6.45) is 10.8. The molecule has 2 nitrogen and oxygen atoms in total. The standard InChI is InChI=1S/C27H28N2/c1-16-3-5-21(13-16)27-28-15-25(29-27)19-8-6-18(7-9-19)22-11-4-17(2)24-14-20-10-12-23(20)26(22)24/h4,6-9,11,13,15,20-21,23H,3,5,10,12,14H2,1-2H3,(H,28,29)/t20?,21-,23?/m0/s1. The molecule has 3 atom stereocenters. The fourth-order valence-corrected chi connectivity index (χ4v) is 5.79. The van der Waals surface area contributed by atoms with Crippen LogP contribution < -0.4 is 0 Å². The maximum Gasteiger partial charge on any atom is 0.113 e. The molecular weight excluding hydrogens is 352 g/mol. The number of fused-ring (bicyclic) bond motifs is 3. The van der Waals surface area contributed by atoms with Crippen molar-refractivity contribution in [2.45, 2.75) is 57.8 Å². The van der Waals surface area contributed by atoms with Gasteiger partial charge in [0, 0.05) is 5.92 Å². The number of nitrogens with one attached hydrogen (secondary N) is 1. The van der Waals surface area contributed by atoms with Crippen LogP contribution in [0.4, 0.5) is 0 Å². The first-order chi connectivity index (χ1) is 14.2. The second kappa shape index (κ2) is 6.45. The predicted octanol–water partition coefficient (Wildman–Crippen LogP) is 6.93. The Morgan fingerprint density at radius 2 is 1.76 bits per heavy atom. The Morgan fingerprint density at radius 3 is 2.48 bits per heavy atom. The lowest BCUT2D eigenvalue weighted by Gasteiger charge is -2.31. The number of aromatic amines is 1. The highest BCUT2D eigenvalue weighted by Crippen LogP contribution is 2.54. The third kappa shape index (κ3) is 2.73. The van der Waals surface area contributed by atoms with E-state index in [4.69, 9.17) is 0 Å². The van der Waals surface area contributed by atoms with Crippen molar-refractivity contribution in [2.24, 2.45) is 5.92 Å². The quantitative estimate of drug-likeness (QED) is 0.491. The van der Waals surface area contributed by atoms with Gasteiger partial charge < -0.3 is 4.98 Å². The van der Waals surface area contributed by atoms with E-state index < -0.39 is 0 Å². The first-order valence-corrected chi connectivity index (χ1v) is 11.1. The van der Waals surface area contributed by atoms with Crippen molar-refractivity contribution in [2.75, 3.05) is 0 Å². The van der Waals surface area contributed by atoms with E-state index in [1.165, 1.54) is 59.9 Å². The predicted molar refractivity (Wildman–Crippen MR) is 119 cm³/mol. The third-order valence-corrected chi connectivity index (χ3v) is 7.63. The van der Waals surface area contributed by atoms with Crippen molar-refractivity contribution < 1.29 is 0 Å². The van der Waals surface area contributed by atoms with E-state index in [-0.39, 0.29) is 0 Å². The lowest BCUT2D eigenvalue weighted by atomic mass is 9.73. The molecule has 6 rings (SSSR count). The highest BCUT2D eigenvalue weighted by Gasteiger charge is 2.41. The van der Waals surface area contributed by atoms with Gasteiger partial charge in [-0.15, -0.1) is 0 Å². The van der Waals surface area contributed by atoms with Gasteiger partial charge in [0.25, 0.3) is 0 Å². The SMILES string of the molecule is CC1=C[C@@H](c2ncc(-c3ccc(-c4ccc(C)c5c4C4CCC4C5)cc3)[nH]2)CC1. The van der Waals surface area contributed by atoms with Crippen LogP contribution in [-0.2, 0) is 6.42 Å². The average molecular weight is 381 g/mol. The summed E-state index contributed by atoms with van der Waals surface area (Å²) in [6, 6.07) is 13.8. The smallest absolute Gasteiger partial charge is 0.113 e. The Morgan fingerprint density at radius 1 is 0.931 bits per heavy atom. The minimum atomic E-state index is 0.452. The fourth-order valence-electron chi connectivity index (χ4n) is 5.79. The Balaban J connectivity index is 1.31. The number of benzene rings is 2. The van der Waals surface area contributed by atoms with Gasteiger partial charge in [0.1, 0.15) is 5.82 Å². The molecule has 2 aromatic carbocycles. The molecule has 1 fully saturated rings. The summed E-state index contributed by atoms with van der Waals surface area (Å²) in [7, 11) is 0. The van der Waals surface area contributed by atoms with Crippen molar-refractivity contribution >= 4 is 0 Å². The van der Waals surface area contributed by atoms with Gasteiger partial charge in [-0.3, -0.25) is 0 Å². The molecule has 29 heavy (non-hydrogen) atoms. The van der Waals surface area contributed by atoms with Crippen molar-refractivity contribution in [3.63, 3.8) is 0 Å². The topological polar surface area (TPSA) is 28.7 Å². The number of rotatable bonds is 3. The van der Waals surface area contributed by atoms with Gasteiger partial charge in [0.2, 0.25) is 0 Å². The number of hydrogen-bond acceptors (Lipinski definition) is 1. The van der Waals surface area contributed by atoms with E-state index in [1.54, 1.807) is 11.1 Å². The van der Waals surface area contributed by atoms with Crippen molar-refractivity contribution in [1.29, 1.82) is 0 Å². The monoisotopic (exact) mass is 380 g/mol. The molecule has 1 saturated carbocycles. The first kappa shape index (κ1) is 17.3. The van der Waals surface area contributed by atoms with Crippen molar-refractivity contribution in [3.8, 4) is 22.4 Å². The van der Waals surface area contributed by atoms with E-state index in [1.807, 2.05) is 6.20 Å². The molecule has 3 aliphatic rings. The van der Waals surface area contributed by atoms with Gasteiger partial charge >= 0.3 is 0 Å². The van der Waals surface area contributed by atoms with Crippen LogP contribution in [0.2, 0.25) is 0 Å². The largest absolute Gasteiger partial charge is 0.342 e. The van der Waals surface area contributed by atoms with Crippen LogP contribution in [0.3, 0.4) is 0 Å². The summed E-state index contributed by atoms with van der Waals surface area (Å²) in [6.45, 7) is 4.50. The number of imidazole rings is 1. The van der Waals surface area contributed by atoms with E-state index in [0.717, 1.165) is 23.4 Å². The number of aryl methyl sites for hydroxylation is 1. The third-order valence-electron chi connectivity index (χ3n) is 7.63. The first-order valence-electron chi connectivity index (χ1n) is 11.1. The number of nitrogens with zero attached hydrogens (tertiary/aromatic N) is 1. The summed E-state index contributed by atoms with van der Waals surface area (Å²) in [5, 5.41) is 0. The minimum absolute atomic E-state index is 0.452. The Kier molecular flexibility index (Phi) is 3.84. The highest BCUT2D eigenvalue weighted by molar-refractivity contribution is 5.74. The Bertz CT molecular complexity index is 1120. The lowest BCUT2D eigenvalue weighted by Crippen LogP contribution is -2.19. The molecule has 0 radical (unpaired) electrons. The van der Waals surface area contributed by atoms with Gasteiger partial charge in [-0.2, -0.15) is 0 Å². The molecule has 1 aromatic heterocycles. The number of H-pyrrole nitrogens is 1. The van der Waals surface area contributed by atoms with Crippen LogP contribution in [0.5, 0.6) is 0 Å². The number of aromatic nitrogens is 2. The second-order valence-corrected chi connectivity index (χ2v) is 9.39.